The predicted octanol–water partition coefficient (Wildman–Crippen LogP) is 2.60. The molecular formula is C15H26N2O3S. The van der Waals surface area contributed by atoms with Gasteiger partial charge in [-0.2, -0.15) is 11.8 Å². The summed E-state index contributed by atoms with van der Waals surface area (Å²) in [4.78, 5) is 23.4. The molecule has 2 fully saturated rings. The Morgan fingerprint density at radius 1 is 1.19 bits per heavy atom. The van der Waals surface area contributed by atoms with Crippen LogP contribution in [0.1, 0.15) is 51.4 Å². The van der Waals surface area contributed by atoms with E-state index in [0.717, 1.165) is 43.8 Å². The molecular weight excluding hydrogens is 288 g/mol. The maximum Gasteiger partial charge on any atom is 0.315 e. The molecule has 6 heteroatoms. The molecule has 3 N–H and O–H groups in total. The number of hydrogen-bond acceptors (Lipinski definition) is 3. The average molecular weight is 314 g/mol. The second kappa shape index (κ2) is 7.38. The predicted molar refractivity (Wildman–Crippen MR) is 84.6 cm³/mol. The Hall–Kier alpha value is -0.910. The molecule has 2 aliphatic carbocycles. The summed E-state index contributed by atoms with van der Waals surface area (Å²) < 4.78 is 0. The van der Waals surface area contributed by atoms with Gasteiger partial charge in [-0.15, -0.1) is 0 Å². The highest BCUT2D eigenvalue weighted by Crippen LogP contribution is 2.37. The number of amides is 2. The van der Waals surface area contributed by atoms with Gasteiger partial charge in [0.1, 0.15) is 0 Å². The lowest BCUT2D eigenvalue weighted by Crippen LogP contribution is -2.48. The SMILES string of the molecule is CSC1CCC(NC(=O)NCC2(C(=O)O)CCCC2)CC1. The summed E-state index contributed by atoms with van der Waals surface area (Å²) in [5.41, 5.74) is -0.742. The van der Waals surface area contributed by atoms with Crippen molar-refractivity contribution >= 4 is 23.8 Å². The molecule has 0 bridgehead atoms. The molecule has 0 aromatic heterocycles. The zero-order valence-corrected chi connectivity index (χ0v) is 13.5. The number of carbonyl (C=O) groups excluding carboxylic acids is 1. The van der Waals surface area contributed by atoms with Crippen molar-refractivity contribution < 1.29 is 14.7 Å². The molecule has 2 aliphatic rings. The van der Waals surface area contributed by atoms with Crippen LogP contribution in [0.15, 0.2) is 0 Å². The molecule has 0 aliphatic heterocycles. The van der Waals surface area contributed by atoms with E-state index in [1.54, 1.807) is 0 Å². The van der Waals surface area contributed by atoms with Crippen LogP contribution in [0.2, 0.25) is 0 Å². The summed E-state index contributed by atoms with van der Waals surface area (Å²) in [5, 5.41) is 15.9. The summed E-state index contributed by atoms with van der Waals surface area (Å²) in [7, 11) is 0. The van der Waals surface area contributed by atoms with Gasteiger partial charge in [-0.25, -0.2) is 4.79 Å². The number of urea groups is 1. The highest BCUT2D eigenvalue weighted by molar-refractivity contribution is 7.99. The van der Waals surface area contributed by atoms with E-state index in [0.29, 0.717) is 12.8 Å². The van der Waals surface area contributed by atoms with Gasteiger partial charge in [-0.3, -0.25) is 4.79 Å². The third-order valence-corrected chi connectivity index (χ3v) is 6.08. The monoisotopic (exact) mass is 314 g/mol. The number of carboxylic acids is 1. The van der Waals surface area contributed by atoms with Gasteiger partial charge in [0.15, 0.2) is 0 Å². The van der Waals surface area contributed by atoms with Gasteiger partial charge in [-0.1, -0.05) is 12.8 Å². The third-order valence-electron chi connectivity index (χ3n) is 4.94. The molecule has 0 saturated heterocycles. The minimum absolute atomic E-state index is 0.213. The van der Waals surface area contributed by atoms with Crippen molar-refractivity contribution in [3.63, 3.8) is 0 Å². The molecule has 2 saturated carbocycles. The van der Waals surface area contributed by atoms with E-state index in [2.05, 4.69) is 16.9 Å². The normalized spacial score (nSPS) is 28.0. The first kappa shape index (κ1) is 16.5. The highest BCUT2D eigenvalue weighted by Gasteiger charge is 2.41. The number of carbonyl (C=O) groups is 2. The average Bonchev–Trinajstić information content (AvgIpc) is 2.96. The smallest absolute Gasteiger partial charge is 0.315 e. The van der Waals surface area contributed by atoms with E-state index in [1.165, 1.54) is 0 Å². The highest BCUT2D eigenvalue weighted by atomic mass is 32.2. The quantitative estimate of drug-likeness (QED) is 0.729. The van der Waals surface area contributed by atoms with E-state index in [1.807, 2.05) is 11.8 Å². The summed E-state index contributed by atoms with van der Waals surface area (Å²) in [6.07, 6.45) is 9.67. The van der Waals surface area contributed by atoms with Gasteiger partial charge < -0.3 is 15.7 Å². The van der Waals surface area contributed by atoms with E-state index >= 15 is 0 Å². The first-order chi connectivity index (χ1) is 10.1. The van der Waals surface area contributed by atoms with Crippen LogP contribution in [0.3, 0.4) is 0 Å². The Kier molecular flexibility index (Phi) is 5.79. The van der Waals surface area contributed by atoms with Crippen molar-refractivity contribution in [1.82, 2.24) is 10.6 Å². The van der Waals surface area contributed by atoms with Crippen LogP contribution in [0.4, 0.5) is 4.79 Å². The van der Waals surface area contributed by atoms with E-state index in [4.69, 9.17) is 0 Å². The standard InChI is InChI=1S/C15H26N2O3S/c1-21-12-6-4-11(5-7-12)17-14(20)16-10-15(13(18)19)8-2-3-9-15/h11-12H,2-10H2,1H3,(H,18,19)(H2,16,17,20). The Bertz CT molecular complexity index is 375. The van der Waals surface area contributed by atoms with Crippen LogP contribution < -0.4 is 10.6 Å². The van der Waals surface area contributed by atoms with Gasteiger partial charge in [0.25, 0.3) is 0 Å². The lowest BCUT2D eigenvalue weighted by atomic mass is 9.86. The van der Waals surface area contributed by atoms with Crippen LogP contribution in [-0.4, -0.2) is 41.2 Å². The fourth-order valence-corrected chi connectivity index (χ4v) is 4.19. The maximum absolute atomic E-state index is 12.0. The van der Waals surface area contributed by atoms with Gasteiger partial charge in [0, 0.05) is 17.8 Å². The van der Waals surface area contributed by atoms with Crippen molar-refractivity contribution in [1.29, 1.82) is 0 Å². The van der Waals surface area contributed by atoms with Crippen molar-refractivity contribution in [2.24, 2.45) is 5.41 Å². The number of aliphatic carboxylic acids is 1. The molecule has 2 rings (SSSR count). The molecule has 0 aromatic carbocycles. The molecule has 0 heterocycles. The lowest BCUT2D eigenvalue weighted by Gasteiger charge is -2.29. The van der Waals surface area contributed by atoms with Gasteiger partial charge >= 0.3 is 12.0 Å². The van der Waals surface area contributed by atoms with E-state index in [9.17, 15) is 14.7 Å². The second-order valence-corrected chi connectivity index (χ2v) is 7.47. The molecule has 0 radical (unpaired) electrons. The summed E-state index contributed by atoms with van der Waals surface area (Å²) in [6, 6.07) is 0.0212. The number of carboxylic acid groups (broad SMARTS) is 1. The third kappa shape index (κ3) is 4.28. The van der Waals surface area contributed by atoms with Crippen LogP contribution in [0.25, 0.3) is 0 Å². The van der Waals surface area contributed by atoms with Crippen molar-refractivity contribution in [2.45, 2.75) is 62.7 Å². The molecule has 5 nitrogen and oxygen atoms in total. The first-order valence-corrected chi connectivity index (χ1v) is 9.15. The fourth-order valence-electron chi connectivity index (χ4n) is 3.45. The zero-order chi connectivity index (χ0) is 15.3. The lowest BCUT2D eigenvalue weighted by molar-refractivity contribution is -0.148. The van der Waals surface area contributed by atoms with E-state index < -0.39 is 11.4 Å². The Balaban J connectivity index is 1.73. The molecule has 0 aromatic rings. The zero-order valence-electron chi connectivity index (χ0n) is 12.7. The van der Waals surface area contributed by atoms with Crippen LogP contribution in [-0.2, 0) is 4.79 Å². The van der Waals surface area contributed by atoms with E-state index in [-0.39, 0.29) is 18.6 Å². The number of thioether (sulfide) groups is 1. The van der Waals surface area contributed by atoms with Gasteiger partial charge in [0.2, 0.25) is 0 Å². The minimum Gasteiger partial charge on any atom is -0.481 e. The first-order valence-electron chi connectivity index (χ1n) is 7.86. The summed E-state index contributed by atoms with van der Waals surface area (Å²) in [5.74, 6) is -0.777. The second-order valence-electron chi connectivity index (χ2n) is 6.33. The summed E-state index contributed by atoms with van der Waals surface area (Å²) in [6.45, 7) is 0.244. The number of rotatable bonds is 5. The molecule has 120 valence electrons. The molecule has 0 unspecified atom stereocenters. The molecule has 21 heavy (non-hydrogen) atoms. The largest absolute Gasteiger partial charge is 0.481 e. The minimum atomic E-state index is -0.777. The van der Waals surface area contributed by atoms with Crippen LogP contribution in [0.5, 0.6) is 0 Å². The summed E-state index contributed by atoms with van der Waals surface area (Å²) >= 11 is 1.90. The number of hydrogen-bond donors (Lipinski definition) is 3. The number of nitrogens with one attached hydrogen (secondary N) is 2. The Morgan fingerprint density at radius 2 is 1.81 bits per heavy atom. The molecule has 0 atom stereocenters. The molecule has 0 spiro atoms. The fraction of sp³-hybridized carbons (Fsp3) is 0.867. The Labute approximate surface area is 130 Å². The van der Waals surface area contributed by atoms with Crippen LogP contribution >= 0.6 is 11.8 Å². The van der Waals surface area contributed by atoms with Crippen molar-refractivity contribution in [2.75, 3.05) is 12.8 Å². The van der Waals surface area contributed by atoms with Crippen molar-refractivity contribution in [3.8, 4) is 0 Å². The van der Waals surface area contributed by atoms with Gasteiger partial charge in [0.05, 0.1) is 5.41 Å². The van der Waals surface area contributed by atoms with Crippen LogP contribution in [0, 0.1) is 5.41 Å². The molecule has 2 amide bonds. The topological polar surface area (TPSA) is 78.4 Å². The van der Waals surface area contributed by atoms with Gasteiger partial charge in [-0.05, 0) is 44.8 Å². The van der Waals surface area contributed by atoms with Crippen molar-refractivity contribution in [3.05, 3.63) is 0 Å². The Morgan fingerprint density at radius 3 is 2.33 bits per heavy atom. The maximum atomic E-state index is 12.0.